The van der Waals surface area contributed by atoms with Gasteiger partial charge >= 0.3 is 0 Å². The van der Waals surface area contributed by atoms with Gasteiger partial charge in [0.25, 0.3) is 17.7 Å². The van der Waals surface area contributed by atoms with Gasteiger partial charge in [-0.1, -0.05) is 17.7 Å². The summed E-state index contributed by atoms with van der Waals surface area (Å²) in [6.45, 7) is 2.48. The molecular weight excluding hydrogens is 450 g/mol. The number of furan rings is 1. The van der Waals surface area contributed by atoms with Crippen molar-refractivity contribution in [2.45, 2.75) is 6.92 Å². The summed E-state index contributed by atoms with van der Waals surface area (Å²) >= 11 is 3.13. The summed E-state index contributed by atoms with van der Waals surface area (Å²) in [6.07, 6.45) is 0. The molecule has 0 fully saturated rings. The topological polar surface area (TPSA) is 100 Å². The summed E-state index contributed by atoms with van der Waals surface area (Å²) in [5.41, 5.74) is 2.68. The lowest BCUT2D eigenvalue weighted by Crippen LogP contribution is -2.34. The van der Waals surface area contributed by atoms with Crippen LogP contribution < -0.4 is 16.0 Å². The average Bonchev–Trinajstić information content (AvgIpc) is 3.18. The molecule has 0 aliphatic rings. The number of aryl methyl sites for hydroxylation is 1. The summed E-state index contributed by atoms with van der Waals surface area (Å²) in [5, 5.41) is 8.17. The van der Waals surface area contributed by atoms with Crippen LogP contribution in [0.3, 0.4) is 0 Å². The van der Waals surface area contributed by atoms with E-state index in [1.807, 2.05) is 19.1 Å². The van der Waals surface area contributed by atoms with Gasteiger partial charge < -0.3 is 20.4 Å². The minimum Gasteiger partial charge on any atom is -0.444 e. The monoisotopic (exact) mass is 469 g/mol. The van der Waals surface area contributed by atoms with Crippen LogP contribution in [0.5, 0.6) is 0 Å². The number of benzene rings is 2. The number of amides is 3. The molecule has 30 heavy (non-hydrogen) atoms. The fourth-order valence-electron chi connectivity index (χ4n) is 2.59. The highest BCUT2D eigenvalue weighted by molar-refractivity contribution is 9.10. The molecule has 3 amide bonds. The second-order valence-corrected chi connectivity index (χ2v) is 7.29. The minimum absolute atomic E-state index is 0.191. The van der Waals surface area contributed by atoms with Gasteiger partial charge in [0.05, 0.1) is 0 Å². The van der Waals surface area contributed by atoms with Crippen LogP contribution in [0.15, 0.2) is 69.8 Å². The lowest BCUT2D eigenvalue weighted by atomic mass is 10.1. The van der Waals surface area contributed by atoms with E-state index in [2.05, 4.69) is 31.9 Å². The fraction of sp³-hybridized carbons (Fsp3) is 0.136. The smallest absolute Gasteiger partial charge is 0.287 e. The predicted molar refractivity (Wildman–Crippen MR) is 117 cm³/mol. The molecule has 1 heterocycles. The Balaban J connectivity index is 1.44. The average molecular weight is 470 g/mol. The normalized spacial score (nSPS) is 10.3. The molecule has 3 rings (SSSR count). The Kier molecular flexibility index (Phi) is 7.03. The van der Waals surface area contributed by atoms with Crippen LogP contribution in [-0.2, 0) is 0 Å². The maximum absolute atomic E-state index is 12.2. The van der Waals surface area contributed by atoms with Crippen LogP contribution >= 0.6 is 15.9 Å². The van der Waals surface area contributed by atoms with Crippen molar-refractivity contribution in [1.82, 2.24) is 10.6 Å². The summed E-state index contributed by atoms with van der Waals surface area (Å²) in [4.78, 5) is 36.3. The van der Waals surface area contributed by atoms with E-state index in [9.17, 15) is 14.4 Å². The van der Waals surface area contributed by atoms with Crippen molar-refractivity contribution in [1.29, 1.82) is 0 Å². The van der Waals surface area contributed by atoms with Gasteiger partial charge in [0.1, 0.15) is 0 Å². The Hall–Kier alpha value is -3.39. The molecule has 0 spiro atoms. The lowest BCUT2D eigenvalue weighted by Gasteiger charge is -2.08. The highest BCUT2D eigenvalue weighted by Crippen LogP contribution is 2.14. The van der Waals surface area contributed by atoms with Gasteiger partial charge in [-0.2, -0.15) is 0 Å². The van der Waals surface area contributed by atoms with E-state index in [0.717, 1.165) is 5.56 Å². The number of hydrogen-bond donors (Lipinski definition) is 3. The first-order valence-electron chi connectivity index (χ1n) is 9.22. The third kappa shape index (κ3) is 5.81. The number of halogens is 1. The third-order valence-corrected chi connectivity index (χ3v) is 4.64. The molecule has 8 heteroatoms. The molecule has 1 aromatic heterocycles. The Morgan fingerprint density at radius 3 is 1.93 bits per heavy atom. The molecule has 0 radical (unpaired) electrons. The molecule has 0 bridgehead atoms. The maximum atomic E-state index is 12.2. The fourth-order valence-corrected chi connectivity index (χ4v) is 2.90. The maximum Gasteiger partial charge on any atom is 0.287 e. The largest absolute Gasteiger partial charge is 0.444 e. The molecule has 3 aromatic rings. The predicted octanol–water partition coefficient (Wildman–Crippen LogP) is 3.76. The molecule has 0 saturated heterocycles. The van der Waals surface area contributed by atoms with E-state index >= 15 is 0 Å². The molecule has 0 saturated carbocycles. The Morgan fingerprint density at radius 2 is 1.33 bits per heavy atom. The van der Waals surface area contributed by atoms with E-state index in [1.54, 1.807) is 48.5 Å². The van der Waals surface area contributed by atoms with Crippen molar-refractivity contribution in [3.05, 3.63) is 87.8 Å². The summed E-state index contributed by atoms with van der Waals surface area (Å²) in [6, 6.07) is 17.0. The molecule has 2 aromatic carbocycles. The first kappa shape index (κ1) is 21.3. The number of nitrogens with one attached hydrogen (secondary N) is 3. The summed E-state index contributed by atoms with van der Waals surface area (Å²) in [7, 11) is 0. The Bertz CT molecular complexity index is 1040. The van der Waals surface area contributed by atoms with Crippen molar-refractivity contribution in [3.8, 4) is 0 Å². The first-order chi connectivity index (χ1) is 14.4. The van der Waals surface area contributed by atoms with Gasteiger partial charge in [0, 0.05) is 29.9 Å². The zero-order valence-corrected chi connectivity index (χ0v) is 17.8. The Labute approximate surface area is 182 Å². The van der Waals surface area contributed by atoms with Crippen LogP contribution in [0.1, 0.15) is 36.8 Å². The van der Waals surface area contributed by atoms with Crippen molar-refractivity contribution in [3.63, 3.8) is 0 Å². The molecule has 154 valence electrons. The highest BCUT2D eigenvalue weighted by Gasteiger charge is 2.11. The number of carbonyl (C=O) groups excluding carboxylic acids is 3. The second-order valence-electron chi connectivity index (χ2n) is 6.51. The van der Waals surface area contributed by atoms with Gasteiger partial charge in [-0.15, -0.1) is 0 Å². The number of hydrogen-bond acceptors (Lipinski definition) is 4. The molecular formula is C22H20BrN3O4. The second kappa shape index (κ2) is 9.89. The van der Waals surface area contributed by atoms with Crippen LogP contribution in [0.2, 0.25) is 0 Å². The van der Waals surface area contributed by atoms with E-state index in [-0.39, 0.29) is 36.6 Å². The van der Waals surface area contributed by atoms with Crippen LogP contribution in [0, 0.1) is 6.92 Å². The quantitative estimate of drug-likeness (QED) is 0.458. The zero-order valence-electron chi connectivity index (χ0n) is 16.2. The number of rotatable bonds is 7. The van der Waals surface area contributed by atoms with Crippen LogP contribution in [-0.4, -0.2) is 30.8 Å². The van der Waals surface area contributed by atoms with Gasteiger partial charge in [-0.3, -0.25) is 14.4 Å². The van der Waals surface area contributed by atoms with Crippen LogP contribution in [0.4, 0.5) is 5.69 Å². The zero-order chi connectivity index (χ0) is 21.5. The first-order valence-corrected chi connectivity index (χ1v) is 10.0. The highest BCUT2D eigenvalue weighted by atomic mass is 79.9. The number of anilines is 1. The molecule has 0 aliphatic heterocycles. The summed E-state index contributed by atoms with van der Waals surface area (Å²) < 4.78 is 5.62. The number of carbonyl (C=O) groups is 3. The van der Waals surface area contributed by atoms with Crippen molar-refractivity contribution in [2.75, 3.05) is 18.4 Å². The van der Waals surface area contributed by atoms with Crippen molar-refractivity contribution < 1.29 is 18.8 Å². The molecule has 3 N–H and O–H groups in total. The molecule has 0 atom stereocenters. The van der Waals surface area contributed by atoms with Gasteiger partial charge in [-0.25, -0.2) is 0 Å². The minimum atomic E-state index is -0.358. The standard InChI is InChI=1S/C22H20BrN3O4/c1-14-2-4-16(5-3-14)21(28)26-17-8-6-15(7-9-17)20(27)24-12-13-25-22(29)18-10-11-19(23)30-18/h2-11H,12-13H2,1H3,(H,24,27)(H,25,29)(H,26,28). The van der Waals surface area contributed by atoms with Gasteiger partial charge in [0.2, 0.25) is 0 Å². The Morgan fingerprint density at radius 1 is 0.767 bits per heavy atom. The van der Waals surface area contributed by atoms with Crippen molar-refractivity contribution >= 4 is 39.3 Å². The molecule has 0 aliphatic carbocycles. The third-order valence-electron chi connectivity index (χ3n) is 4.21. The van der Waals surface area contributed by atoms with Gasteiger partial charge in [0.15, 0.2) is 10.4 Å². The van der Waals surface area contributed by atoms with E-state index < -0.39 is 0 Å². The summed E-state index contributed by atoms with van der Waals surface area (Å²) in [5.74, 6) is -0.659. The molecule has 0 unspecified atom stereocenters. The van der Waals surface area contributed by atoms with E-state index in [4.69, 9.17) is 4.42 Å². The van der Waals surface area contributed by atoms with Crippen LogP contribution in [0.25, 0.3) is 0 Å². The lowest BCUT2D eigenvalue weighted by molar-refractivity contribution is 0.0909. The molecule has 7 nitrogen and oxygen atoms in total. The van der Waals surface area contributed by atoms with Gasteiger partial charge in [-0.05, 0) is 71.4 Å². The SMILES string of the molecule is Cc1ccc(C(=O)Nc2ccc(C(=O)NCCNC(=O)c3ccc(Br)o3)cc2)cc1. The van der Waals surface area contributed by atoms with Crippen molar-refractivity contribution in [2.24, 2.45) is 0 Å². The van der Waals surface area contributed by atoms with E-state index in [1.165, 1.54) is 0 Å². The van der Waals surface area contributed by atoms with E-state index in [0.29, 0.717) is 21.5 Å².